The first-order chi connectivity index (χ1) is 8.84. The van der Waals surface area contributed by atoms with Gasteiger partial charge in [0.25, 0.3) is 0 Å². The van der Waals surface area contributed by atoms with E-state index in [1.807, 2.05) is 24.4 Å². The first kappa shape index (κ1) is 11.7. The molecule has 0 aliphatic rings. The minimum absolute atomic E-state index is 0.826. The second-order valence-corrected chi connectivity index (χ2v) is 5.78. The van der Waals surface area contributed by atoms with Gasteiger partial charge in [-0.2, -0.15) is 0 Å². The van der Waals surface area contributed by atoms with Crippen LogP contribution in [0.2, 0.25) is 0 Å². The first-order valence-corrected chi connectivity index (χ1v) is 7.31. The molecule has 1 aromatic carbocycles. The van der Waals surface area contributed by atoms with Crippen LogP contribution in [0.4, 0.5) is 5.69 Å². The summed E-state index contributed by atoms with van der Waals surface area (Å²) in [6.45, 7) is 0.826. The molecule has 0 bridgehead atoms. The number of aromatic nitrogens is 1. The van der Waals surface area contributed by atoms with Crippen molar-refractivity contribution in [3.8, 4) is 0 Å². The van der Waals surface area contributed by atoms with Crippen molar-refractivity contribution in [2.75, 3.05) is 5.32 Å². The largest absolute Gasteiger partial charge is 0.380 e. The number of hydrogen-bond acceptors (Lipinski definition) is 3. The van der Waals surface area contributed by atoms with Crippen molar-refractivity contribution in [3.05, 3.63) is 57.3 Å². The fraction of sp³-hybridized carbons (Fsp3) is 0.0714. The Morgan fingerprint density at radius 2 is 2.11 bits per heavy atom. The van der Waals surface area contributed by atoms with Crippen LogP contribution in [0.25, 0.3) is 10.9 Å². The summed E-state index contributed by atoms with van der Waals surface area (Å²) in [4.78, 5) is 5.66. The predicted molar refractivity (Wildman–Crippen MR) is 81.1 cm³/mol. The Labute approximate surface area is 118 Å². The molecule has 0 spiro atoms. The molecule has 0 fully saturated rings. The van der Waals surface area contributed by atoms with Gasteiger partial charge >= 0.3 is 0 Å². The molecular weight excluding hydrogens is 308 g/mol. The molecule has 0 radical (unpaired) electrons. The zero-order chi connectivity index (χ0) is 12.4. The van der Waals surface area contributed by atoms with Gasteiger partial charge in [-0.15, -0.1) is 11.3 Å². The van der Waals surface area contributed by atoms with E-state index in [1.165, 1.54) is 9.35 Å². The van der Waals surface area contributed by atoms with Crippen molar-refractivity contribution in [1.82, 2.24) is 4.98 Å². The summed E-state index contributed by atoms with van der Waals surface area (Å²) in [7, 11) is 0. The van der Waals surface area contributed by atoms with Gasteiger partial charge in [-0.25, -0.2) is 0 Å². The van der Waals surface area contributed by atoms with Crippen molar-refractivity contribution in [3.63, 3.8) is 0 Å². The molecule has 0 aliphatic heterocycles. The zero-order valence-electron chi connectivity index (χ0n) is 9.56. The Hall–Kier alpha value is -1.39. The van der Waals surface area contributed by atoms with E-state index in [1.54, 1.807) is 11.3 Å². The van der Waals surface area contributed by atoms with Crippen LogP contribution in [0.3, 0.4) is 0 Å². The van der Waals surface area contributed by atoms with E-state index in [0.717, 1.165) is 23.1 Å². The Morgan fingerprint density at radius 1 is 1.17 bits per heavy atom. The number of nitrogens with zero attached hydrogens (tertiary/aromatic N) is 1. The van der Waals surface area contributed by atoms with Crippen LogP contribution in [0.1, 0.15) is 4.88 Å². The van der Waals surface area contributed by atoms with Crippen LogP contribution >= 0.6 is 27.3 Å². The molecule has 0 amide bonds. The minimum Gasteiger partial charge on any atom is -0.380 e. The Morgan fingerprint density at radius 3 is 2.94 bits per heavy atom. The Kier molecular flexibility index (Phi) is 3.30. The lowest BCUT2D eigenvalue weighted by atomic mass is 10.2. The third-order valence-electron chi connectivity index (χ3n) is 2.78. The monoisotopic (exact) mass is 318 g/mol. The summed E-state index contributed by atoms with van der Waals surface area (Å²) >= 11 is 5.30. The number of nitrogens with one attached hydrogen (secondary N) is 1. The van der Waals surface area contributed by atoms with Crippen LogP contribution in [-0.4, -0.2) is 4.98 Å². The molecule has 0 aliphatic carbocycles. The number of pyridine rings is 1. The average molecular weight is 319 g/mol. The van der Waals surface area contributed by atoms with Crippen molar-refractivity contribution < 1.29 is 0 Å². The van der Waals surface area contributed by atoms with Gasteiger partial charge in [0, 0.05) is 26.6 Å². The molecule has 90 valence electrons. The van der Waals surface area contributed by atoms with Gasteiger partial charge < -0.3 is 5.32 Å². The lowest BCUT2D eigenvalue weighted by Crippen LogP contribution is -1.98. The lowest BCUT2D eigenvalue weighted by Gasteiger charge is -2.08. The van der Waals surface area contributed by atoms with Crippen molar-refractivity contribution in [1.29, 1.82) is 0 Å². The SMILES string of the molecule is Brc1ccsc1CNc1cccc2ncccc12. The third kappa shape index (κ3) is 2.26. The van der Waals surface area contributed by atoms with Gasteiger partial charge in [-0.1, -0.05) is 6.07 Å². The van der Waals surface area contributed by atoms with Crippen LogP contribution in [0, 0.1) is 0 Å². The molecule has 0 saturated carbocycles. The van der Waals surface area contributed by atoms with E-state index < -0.39 is 0 Å². The summed E-state index contributed by atoms with van der Waals surface area (Å²) in [5.41, 5.74) is 2.15. The summed E-state index contributed by atoms with van der Waals surface area (Å²) in [5.74, 6) is 0. The molecule has 0 saturated heterocycles. The second kappa shape index (κ2) is 5.08. The van der Waals surface area contributed by atoms with Gasteiger partial charge in [-0.3, -0.25) is 4.98 Å². The molecule has 4 heteroatoms. The molecule has 1 N–H and O–H groups in total. The second-order valence-electron chi connectivity index (χ2n) is 3.92. The zero-order valence-corrected chi connectivity index (χ0v) is 12.0. The fourth-order valence-corrected chi connectivity index (χ4v) is 3.32. The lowest BCUT2D eigenvalue weighted by molar-refractivity contribution is 1.19. The van der Waals surface area contributed by atoms with E-state index in [2.05, 4.69) is 49.8 Å². The smallest absolute Gasteiger partial charge is 0.0722 e. The maximum Gasteiger partial charge on any atom is 0.0722 e. The summed E-state index contributed by atoms with van der Waals surface area (Å²) in [5, 5.41) is 6.72. The quantitative estimate of drug-likeness (QED) is 0.759. The van der Waals surface area contributed by atoms with Crippen molar-refractivity contribution in [2.24, 2.45) is 0 Å². The molecule has 0 unspecified atom stereocenters. The van der Waals surface area contributed by atoms with Gasteiger partial charge in [0.2, 0.25) is 0 Å². The molecule has 18 heavy (non-hydrogen) atoms. The standard InChI is InChI=1S/C14H11BrN2S/c15-11-6-8-18-14(11)9-17-13-5-1-4-12-10(13)3-2-7-16-12/h1-8,17H,9H2. The fourth-order valence-electron chi connectivity index (χ4n) is 1.88. The van der Waals surface area contributed by atoms with Crippen LogP contribution in [-0.2, 0) is 6.54 Å². The molecule has 2 heterocycles. The molecule has 3 aromatic rings. The molecule has 3 rings (SSSR count). The normalized spacial score (nSPS) is 10.7. The molecule has 0 atom stereocenters. The van der Waals surface area contributed by atoms with Gasteiger partial charge in [-0.05, 0) is 51.6 Å². The molecule has 2 nitrogen and oxygen atoms in total. The highest BCUT2D eigenvalue weighted by Gasteiger charge is 2.03. The van der Waals surface area contributed by atoms with E-state index in [9.17, 15) is 0 Å². The van der Waals surface area contributed by atoms with E-state index in [4.69, 9.17) is 0 Å². The summed E-state index contributed by atoms with van der Waals surface area (Å²) in [6.07, 6.45) is 1.82. The van der Waals surface area contributed by atoms with E-state index >= 15 is 0 Å². The highest BCUT2D eigenvalue weighted by atomic mass is 79.9. The number of halogens is 1. The number of benzene rings is 1. The third-order valence-corrected chi connectivity index (χ3v) is 4.70. The van der Waals surface area contributed by atoms with Crippen molar-refractivity contribution in [2.45, 2.75) is 6.54 Å². The van der Waals surface area contributed by atoms with Crippen molar-refractivity contribution >= 4 is 43.9 Å². The number of hydrogen-bond donors (Lipinski definition) is 1. The number of thiophene rings is 1. The Balaban J connectivity index is 1.89. The number of fused-ring (bicyclic) bond motifs is 1. The number of rotatable bonds is 3. The number of anilines is 1. The summed E-state index contributed by atoms with van der Waals surface area (Å²) < 4.78 is 1.17. The topological polar surface area (TPSA) is 24.9 Å². The first-order valence-electron chi connectivity index (χ1n) is 5.64. The van der Waals surface area contributed by atoms with Crippen LogP contribution in [0.15, 0.2) is 52.4 Å². The van der Waals surface area contributed by atoms with Crippen LogP contribution in [0.5, 0.6) is 0 Å². The van der Waals surface area contributed by atoms with E-state index in [0.29, 0.717) is 0 Å². The highest BCUT2D eigenvalue weighted by molar-refractivity contribution is 9.10. The predicted octanol–water partition coefficient (Wildman–Crippen LogP) is 4.67. The van der Waals surface area contributed by atoms with E-state index in [-0.39, 0.29) is 0 Å². The minimum atomic E-state index is 0.826. The van der Waals surface area contributed by atoms with Gasteiger partial charge in [0.15, 0.2) is 0 Å². The molecule has 2 aromatic heterocycles. The average Bonchev–Trinajstić information content (AvgIpc) is 2.82. The van der Waals surface area contributed by atoms with Gasteiger partial charge in [0.05, 0.1) is 12.1 Å². The highest BCUT2D eigenvalue weighted by Crippen LogP contribution is 2.26. The molecular formula is C14H11BrN2S. The maximum atomic E-state index is 4.36. The van der Waals surface area contributed by atoms with Crippen LogP contribution < -0.4 is 5.32 Å². The van der Waals surface area contributed by atoms with Gasteiger partial charge in [0.1, 0.15) is 0 Å². The Bertz CT molecular complexity index is 673. The maximum absolute atomic E-state index is 4.36. The summed E-state index contributed by atoms with van der Waals surface area (Å²) in [6, 6.07) is 12.3.